The Morgan fingerprint density at radius 2 is 2.10 bits per heavy atom. The normalized spacial score (nSPS) is 11.3. The second-order valence-corrected chi connectivity index (χ2v) is 5.24. The minimum atomic E-state index is -0.451. The van der Waals surface area contributed by atoms with Crippen LogP contribution < -0.4 is 5.56 Å². The van der Waals surface area contributed by atoms with Crippen LogP contribution in [0.3, 0.4) is 0 Å². The van der Waals surface area contributed by atoms with Crippen molar-refractivity contribution in [3.05, 3.63) is 34.0 Å². The first kappa shape index (κ1) is 15.3. The molecule has 114 valence electrons. The zero-order chi connectivity index (χ0) is 15.6. The zero-order valence-corrected chi connectivity index (χ0v) is 12.9. The Kier molecular flexibility index (Phi) is 4.45. The van der Waals surface area contributed by atoms with E-state index in [9.17, 15) is 9.59 Å². The highest BCUT2D eigenvalue weighted by Crippen LogP contribution is 2.15. The Balaban J connectivity index is 2.59. The van der Waals surface area contributed by atoms with Crippen molar-refractivity contribution in [2.75, 3.05) is 6.61 Å². The largest absolute Gasteiger partial charge is 0.465 e. The first-order chi connectivity index (χ1) is 9.97. The van der Waals surface area contributed by atoms with E-state index in [0.29, 0.717) is 5.52 Å². The molecule has 0 atom stereocenters. The van der Waals surface area contributed by atoms with E-state index in [1.54, 1.807) is 6.92 Å². The third-order valence-corrected chi connectivity index (χ3v) is 3.31. The van der Waals surface area contributed by atoms with E-state index in [0.717, 1.165) is 17.8 Å². The average Bonchev–Trinajstić information content (AvgIpc) is 2.86. The molecule has 0 aliphatic rings. The molecule has 0 aliphatic heterocycles. The van der Waals surface area contributed by atoms with Gasteiger partial charge in [-0.25, -0.2) is 4.68 Å². The number of aromatic nitrogens is 3. The molecule has 0 spiro atoms. The van der Waals surface area contributed by atoms with E-state index in [4.69, 9.17) is 4.74 Å². The predicted octanol–water partition coefficient (Wildman–Crippen LogP) is 1.74. The predicted molar refractivity (Wildman–Crippen MR) is 79.6 cm³/mol. The molecule has 0 amide bonds. The molecule has 0 saturated carbocycles. The summed E-state index contributed by atoms with van der Waals surface area (Å²) in [4.78, 5) is 24.1. The van der Waals surface area contributed by atoms with Crippen LogP contribution in [0.25, 0.3) is 5.52 Å². The Hall–Kier alpha value is -2.11. The zero-order valence-electron chi connectivity index (χ0n) is 12.9. The van der Waals surface area contributed by atoms with Crippen molar-refractivity contribution in [2.24, 2.45) is 0 Å². The Morgan fingerprint density at radius 3 is 2.67 bits per heavy atom. The lowest BCUT2D eigenvalue weighted by molar-refractivity contribution is -0.144. The summed E-state index contributed by atoms with van der Waals surface area (Å²) in [6.07, 6.45) is 2.78. The Bertz CT molecular complexity index is 713. The molecule has 0 aromatic carbocycles. The monoisotopic (exact) mass is 291 g/mol. The number of fused-ring (bicyclic) bond motifs is 1. The van der Waals surface area contributed by atoms with Gasteiger partial charge in [-0.2, -0.15) is 5.10 Å². The smallest absolute Gasteiger partial charge is 0.327 e. The summed E-state index contributed by atoms with van der Waals surface area (Å²) < 4.78 is 7.92. The second kappa shape index (κ2) is 6.11. The number of aryl methyl sites for hydroxylation is 1. The minimum absolute atomic E-state index is 0.138. The van der Waals surface area contributed by atoms with Crippen molar-refractivity contribution in [3.8, 4) is 0 Å². The van der Waals surface area contributed by atoms with Crippen LogP contribution in [0.1, 0.15) is 45.0 Å². The van der Waals surface area contributed by atoms with Crippen LogP contribution in [0.4, 0.5) is 0 Å². The highest BCUT2D eigenvalue weighted by Gasteiger charge is 2.16. The third kappa shape index (κ3) is 2.99. The van der Waals surface area contributed by atoms with Crippen LogP contribution in [-0.2, 0) is 22.5 Å². The molecule has 2 aromatic heterocycles. The van der Waals surface area contributed by atoms with E-state index in [2.05, 4.69) is 5.10 Å². The van der Waals surface area contributed by atoms with Crippen LogP contribution in [-0.4, -0.2) is 26.8 Å². The molecule has 0 radical (unpaired) electrons. The van der Waals surface area contributed by atoms with Crippen molar-refractivity contribution < 1.29 is 9.53 Å². The lowest BCUT2D eigenvalue weighted by Gasteiger charge is -2.12. The fourth-order valence-electron chi connectivity index (χ4n) is 2.24. The van der Waals surface area contributed by atoms with Crippen LogP contribution in [0.2, 0.25) is 0 Å². The van der Waals surface area contributed by atoms with Gasteiger partial charge in [0.2, 0.25) is 0 Å². The molecule has 2 rings (SSSR count). The van der Waals surface area contributed by atoms with E-state index >= 15 is 0 Å². The molecule has 2 aromatic rings. The SMILES string of the molecule is CCOC(=O)Cn1nc(C(C)C)n2cc(CC)cc2c1=O. The van der Waals surface area contributed by atoms with Gasteiger partial charge in [-0.15, -0.1) is 0 Å². The number of hydrogen-bond donors (Lipinski definition) is 0. The summed E-state index contributed by atoms with van der Waals surface area (Å²) in [6.45, 7) is 7.92. The van der Waals surface area contributed by atoms with Gasteiger partial charge in [-0.3, -0.25) is 14.0 Å². The van der Waals surface area contributed by atoms with Crippen molar-refractivity contribution in [1.82, 2.24) is 14.2 Å². The number of rotatable bonds is 5. The molecule has 0 aliphatic carbocycles. The van der Waals surface area contributed by atoms with Gasteiger partial charge in [0, 0.05) is 12.1 Å². The first-order valence-electron chi connectivity index (χ1n) is 7.25. The van der Waals surface area contributed by atoms with E-state index < -0.39 is 5.97 Å². The van der Waals surface area contributed by atoms with Gasteiger partial charge in [0.1, 0.15) is 17.9 Å². The number of ether oxygens (including phenoxy) is 1. The number of carbonyl (C=O) groups excluding carboxylic acids is 1. The first-order valence-corrected chi connectivity index (χ1v) is 7.25. The van der Waals surface area contributed by atoms with Gasteiger partial charge in [0.25, 0.3) is 5.56 Å². The van der Waals surface area contributed by atoms with Crippen molar-refractivity contribution in [3.63, 3.8) is 0 Å². The van der Waals surface area contributed by atoms with Crippen LogP contribution in [0.15, 0.2) is 17.1 Å². The molecule has 21 heavy (non-hydrogen) atoms. The summed E-state index contributed by atoms with van der Waals surface area (Å²) in [5, 5.41) is 4.34. The van der Waals surface area contributed by atoms with Gasteiger partial charge < -0.3 is 4.74 Å². The van der Waals surface area contributed by atoms with Gasteiger partial charge in [0.05, 0.1) is 6.61 Å². The summed E-state index contributed by atoms with van der Waals surface area (Å²) in [5.41, 5.74) is 1.35. The third-order valence-electron chi connectivity index (χ3n) is 3.31. The number of hydrogen-bond acceptors (Lipinski definition) is 4. The maximum Gasteiger partial charge on any atom is 0.327 e. The quantitative estimate of drug-likeness (QED) is 0.787. The van der Waals surface area contributed by atoms with E-state index in [1.807, 2.05) is 37.4 Å². The fourth-order valence-corrected chi connectivity index (χ4v) is 2.24. The molecule has 6 heteroatoms. The topological polar surface area (TPSA) is 65.6 Å². The molecular weight excluding hydrogens is 270 g/mol. The van der Waals surface area contributed by atoms with Gasteiger partial charge >= 0.3 is 5.97 Å². The second-order valence-electron chi connectivity index (χ2n) is 5.24. The van der Waals surface area contributed by atoms with Crippen molar-refractivity contribution in [2.45, 2.75) is 46.6 Å². The molecule has 0 N–H and O–H groups in total. The van der Waals surface area contributed by atoms with Gasteiger partial charge in [-0.05, 0) is 25.0 Å². The highest BCUT2D eigenvalue weighted by atomic mass is 16.5. The molecule has 0 bridgehead atoms. The standard InChI is InChI=1S/C15H21N3O3/c1-5-11-7-12-15(20)18(9-13(19)21-6-2)16-14(10(3)4)17(12)8-11/h7-8,10H,5-6,9H2,1-4H3. The van der Waals surface area contributed by atoms with Crippen LogP contribution in [0, 0.1) is 0 Å². The lowest BCUT2D eigenvalue weighted by Crippen LogP contribution is -2.30. The van der Waals surface area contributed by atoms with Gasteiger partial charge in [0.15, 0.2) is 0 Å². The number of nitrogens with zero attached hydrogens (tertiary/aromatic N) is 3. The maximum absolute atomic E-state index is 12.4. The van der Waals surface area contributed by atoms with Crippen LogP contribution >= 0.6 is 0 Å². The fraction of sp³-hybridized carbons (Fsp3) is 0.533. The van der Waals surface area contributed by atoms with E-state index in [1.165, 1.54) is 4.68 Å². The highest BCUT2D eigenvalue weighted by molar-refractivity contribution is 5.69. The van der Waals surface area contributed by atoms with Crippen LogP contribution in [0.5, 0.6) is 0 Å². The van der Waals surface area contributed by atoms with Gasteiger partial charge in [-0.1, -0.05) is 20.8 Å². The summed E-state index contributed by atoms with van der Waals surface area (Å²) >= 11 is 0. The minimum Gasteiger partial charge on any atom is -0.465 e. The summed E-state index contributed by atoms with van der Waals surface area (Å²) in [5.74, 6) is 0.445. The van der Waals surface area contributed by atoms with Crippen molar-refractivity contribution in [1.29, 1.82) is 0 Å². The molecule has 6 nitrogen and oxygen atoms in total. The number of carbonyl (C=O) groups is 1. The molecule has 2 heterocycles. The molecular formula is C15H21N3O3. The Morgan fingerprint density at radius 1 is 1.38 bits per heavy atom. The summed E-state index contributed by atoms with van der Waals surface area (Å²) in [7, 11) is 0. The number of esters is 1. The molecule has 0 unspecified atom stereocenters. The molecule has 0 saturated heterocycles. The summed E-state index contributed by atoms with van der Waals surface area (Å²) in [6, 6.07) is 1.86. The Labute approximate surface area is 123 Å². The van der Waals surface area contributed by atoms with Crippen molar-refractivity contribution >= 4 is 11.5 Å². The maximum atomic E-state index is 12.4. The lowest BCUT2D eigenvalue weighted by atomic mass is 10.2. The van der Waals surface area contributed by atoms with E-state index in [-0.39, 0.29) is 24.6 Å². The average molecular weight is 291 g/mol. The molecule has 0 fully saturated rings.